The first-order valence-corrected chi connectivity index (χ1v) is 11.7. The van der Waals surface area contributed by atoms with Crippen LogP contribution < -0.4 is 10.2 Å². The quantitative estimate of drug-likeness (QED) is 0.671. The smallest absolute Gasteiger partial charge is 0.257 e. The number of hydrogen-bond donors (Lipinski definition) is 1. The van der Waals surface area contributed by atoms with Crippen LogP contribution in [0.4, 0.5) is 17.2 Å². The summed E-state index contributed by atoms with van der Waals surface area (Å²) in [6.45, 7) is 7.66. The molecule has 2 aliphatic rings. The first-order chi connectivity index (χ1) is 15.6. The Hall–Kier alpha value is -2.77. The molecule has 1 aromatic carbocycles. The monoisotopic (exact) mass is 435 g/mol. The van der Waals surface area contributed by atoms with Crippen molar-refractivity contribution in [3.63, 3.8) is 0 Å². The molecule has 0 spiro atoms. The Morgan fingerprint density at radius 3 is 2.66 bits per heavy atom. The molecule has 170 valence electrons. The average molecular weight is 436 g/mol. The van der Waals surface area contributed by atoms with Crippen LogP contribution in [-0.2, 0) is 4.79 Å². The van der Waals surface area contributed by atoms with E-state index in [1.165, 1.54) is 0 Å². The van der Waals surface area contributed by atoms with Crippen molar-refractivity contribution in [2.75, 3.05) is 50.0 Å². The number of pyridine rings is 1. The first kappa shape index (κ1) is 22.4. The molecule has 1 saturated heterocycles. The highest BCUT2D eigenvalue weighted by Gasteiger charge is 2.33. The van der Waals surface area contributed by atoms with E-state index in [0.29, 0.717) is 22.8 Å². The zero-order chi connectivity index (χ0) is 22.5. The van der Waals surface area contributed by atoms with Crippen molar-refractivity contribution in [3.05, 3.63) is 48.2 Å². The van der Waals surface area contributed by atoms with E-state index < -0.39 is 0 Å². The van der Waals surface area contributed by atoms with E-state index in [2.05, 4.69) is 34.1 Å². The van der Waals surface area contributed by atoms with Gasteiger partial charge in [-0.2, -0.15) is 0 Å². The van der Waals surface area contributed by atoms with Crippen LogP contribution in [0.5, 0.6) is 0 Å². The maximum absolute atomic E-state index is 13.8. The fraction of sp³-hybridized carbons (Fsp3) is 0.480. The highest BCUT2D eigenvalue weighted by atomic mass is 16.2. The van der Waals surface area contributed by atoms with Gasteiger partial charge in [0, 0.05) is 38.3 Å². The topological polar surface area (TPSA) is 68.8 Å². The zero-order valence-corrected chi connectivity index (χ0v) is 19.1. The highest BCUT2D eigenvalue weighted by Crippen LogP contribution is 2.37. The first-order valence-electron chi connectivity index (χ1n) is 11.7. The van der Waals surface area contributed by atoms with Crippen LogP contribution in [0.2, 0.25) is 0 Å². The molecular weight excluding hydrogens is 402 g/mol. The molecule has 7 nitrogen and oxygen atoms in total. The van der Waals surface area contributed by atoms with E-state index in [9.17, 15) is 9.59 Å². The number of carbonyl (C=O) groups is 2. The molecule has 0 bridgehead atoms. The fourth-order valence-corrected chi connectivity index (χ4v) is 4.54. The van der Waals surface area contributed by atoms with Gasteiger partial charge in [0.15, 0.2) is 5.82 Å². The zero-order valence-electron chi connectivity index (χ0n) is 19.1. The summed E-state index contributed by atoms with van der Waals surface area (Å²) in [6, 6.07) is 10.8. The van der Waals surface area contributed by atoms with Crippen LogP contribution in [0.3, 0.4) is 0 Å². The summed E-state index contributed by atoms with van der Waals surface area (Å²) in [7, 11) is 2.17. The number of fused-ring (bicyclic) bond motifs is 2. The van der Waals surface area contributed by atoms with Gasteiger partial charge in [-0.05, 0) is 57.1 Å². The van der Waals surface area contributed by atoms with Crippen molar-refractivity contribution in [2.24, 2.45) is 5.92 Å². The number of para-hydroxylation sites is 1. The average Bonchev–Trinajstić information content (AvgIpc) is 2.94. The molecule has 2 aromatic rings. The van der Waals surface area contributed by atoms with Crippen molar-refractivity contribution < 1.29 is 9.59 Å². The number of likely N-dealkylation sites (N-methyl/N-ethyl adjacent to an activating group) is 1. The van der Waals surface area contributed by atoms with Gasteiger partial charge in [-0.1, -0.05) is 25.5 Å². The van der Waals surface area contributed by atoms with E-state index in [-0.39, 0.29) is 17.7 Å². The summed E-state index contributed by atoms with van der Waals surface area (Å²) in [6.07, 6.45) is 5.37. The van der Waals surface area contributed by atoms with Gasteiger partial charge in [0.25, 0.3) is 5.91 Å². The summed E-state index contributed by atoms with van der Waals surface area (Å²) >= 11 is 0. The number of carbonyl (C=O) groups excluding carboxylic acids is 2. The van der Waals surface area contributed by atoms with E-state index in [1.807, 2.05) is 18.2 Å². The number of nitrogens with zero attached hydrogens (tertiary/aromatic N) is 4. The second kappa shape index (κ2) is 10.2. The highest BCUT2D eigenvalue weighted by molar-refractivity contribution is 6.17. The minimum absolute atomic E-state index is 0.0102. The van der Waals surface area contributed by atoms with Crippen LogP contribution in [0.15, 0.2) is 42.6 Å². The third-order valence-corrected chi connectivity index (χ3v) is 6.57. The normalized spacial score (nSPS) is 17.8. The Balaban J connectivity index is 1.48. The number of hydrogen-bond acceptors (Lipinski definition) is 5. The Morgan fingerprint density at radius 2 is 1.88 bits per heavy atom. The van der Waals surface area contributed by atoms with Crippen molar-refractivity contribution in [2.45, 2.75) is 32.6 Å². The number of piperazine rings is 1. The van der Waals surface area contributed by atoms with E-state index in [4.69, 9.17) is 0 Å². The lowest BCUT2D eigenvalue weighted by molar-refractivity contribution is -0.122. The molecule has 0 radical (unpaired) electrons. The lowest BCUT2D eigenvalue weighted by atomic mass is 9.96. The molecule has 2 amide bonds. The molecule has 4 rings (SSSR count). The number of anilines is 3. The third-order valence-electron chi connectivity index (χ3n) is 6.57. The number of rotatable bonds is 7. The number of amides is 2. The van der Waals surface area contributed by atoms with Gasteiger partial charge in [-0.15, -0.1) is 0 Å². The van der Waals surface area contributed by atoms with E-state index >= 15 is 0 Å². The van der Waals surface area contributed by atoms with Crippen LogP contribution in [-0.4, -0.2) is 66.4 Å². The summed E-state index contributed by atoms with van der Waals surface area (Å²) in [5.74, 6) is 0.173. The second-order valence-corrected chi connectivity index (χ2v) is 8.77. The van der Waals surface area contributed by atoms with Crippen molar-refractivity contribution in [3.8, 4) is 0 Å². The minimum atomic E-state index is -0.217. The molecule has 32 heavy (non-hydrogen) atoms. The molecule has 2 aliphatic heterocycles. The molecule has 1 fully saturated rings. The van der Waals surface area contributed by atoms with Gasteiger partial charge in [0.1, 0.15) is 0 Å². The summed E-state index contributed by atoms with van der Waals surface area (Å²) < 4.78 is 0. The van der Waals surface area contributed by atoms with E-state index in [1.54, 1.807) is 29.3 Å². The maximum atomic E-state index is 13.8. The molecule has 1 N–H and O–H groups in total. The fourth-order valence-electron chi connectivity index (χ4n) is 4.54. The van der Waals surface area contributed by atoms with Crippen LogP contribution in [0, 0.1) is 5.92 Å². The predicted octanol–water partition coefficient (Wildman–Crippen LogP) is 3.76. The predicted molar refractivity (Wildman–Crippen MR) is 127 cm³/mol. The number of nitrogens with one attached hydrogen (secondary N) is 1. The molecule has 0 aliphatic carbocycles. The van der Waals surface area contributed by atoms with Crippen molar-refractivity contribution in [1.29, 1.82) is 0 Å². The largest absolute Gasteiger partial charge is 0.319 e. The Labute approximate surface area is 190 Å². The molecule has 1 unspecified atom stereocenters. The van der Waals surface area contributed by atoms with E-state index in [0.717, 1.165) is 58.4 Å². The molecule has 1 aromatic heterocycles. The third kappa shape index (κ3) is 4.84. The molecule has 3 heterocycles. The molecule has 7 heteroatoms. The summed E-state index contributed by atoms with van der Waals surface area (Å²) in [5, 5.41) is 2.91. The SMILES string of the molecule is CCC(CCCCN1CCN(C)CC1)C(=O)N1c2ccccc2C(=O)Nc2cccnc21. The van der Waals surface area contributed by atoms with Gasteiger partial charge in [-0.3, -0.25) is 14.5 Å². The Kier molecular flexibility index (Phi) is 7.17. The van der Waals surface area contributed by atoms with Gasteiger partial charge >= 0.3 is 0 Å². The van der Waals surface area contributed by atoms with Crippen molar-refractivity contribution >= 4 is 29.0 Å². The lowest BCUT2D eigenvalue weighted by Crippen LogP contribution is -2.44. The summed E-state index contributed by atoms with van der Waals surface area (Å²) in [5.41, 5.74) is 1.65. The minimum Gasteiger partial charge on any atom is -0.319 e. The lowest BCUT2D eigenvalue weighted by Gasteiger charge is -2.32. The second-order valence-electron chi connectivity index (χ2n) is 8.77. The maximum Gasteiger partial charge on any atom is 0.257 e. The molecule has 0 saturated carbocycles. The van der Waals surface area contributed by atoms with Crippen LogP contribution in [0.1, 0.15) is 43.0 Å². The van der Waals surface area contributed by atoms with Crippen LogP contribution >= 0.6 is 0 Å². The van der Waals surface area contributed by atoms with Gasteiger partial charge in [-0.25, -0.2) is 4.98 Å². The van der Waals surface area contributed by atoms with Gasteiger partial charge in [0.2, 0.25) is 5.91 Å². The number of benzene rings is 1. The van der Waals surface area contributed by atoms with Gasteiger partial charge in [0.05, 0.1) is 16.9 Å². The van der Waals surface area contributed by atoms with Gasteiger partial charge < -0.3 is 15.1 Å². The standard InChI is InChI=1S/C25H33N5O2/c1-3-19(9-6-7-14-29-17-15-28(2)16-18-29)25(32)30-22-12-5-4-10-20(22)24(31)27-21-11-8-13-26-23(21)30/h4-5,8,10-13,19H,3,6-7,9,14-18H2,1-2H3,(H,27,31). The Bertz CT molecular complexity index is 955. The van der Waals surface area contributed by atoms with Crippen LogP contribution in [0.25, 0.3) is 0 Å². The summed E-state index contributed by atoms with van der Waals surface area (Å²) in [4.78, 5) is 37.6. The Morgan fingerprint density at radius 1 is 1.09 bits per heavy atom. The number of unbranched alkanes of at least 4 members (excludes halogenated alkanes) is 1. The van der Waals surface area contributed by atoms with Crippen molar-refractivity contribution in [1.82, 2.24) is 14.8 Å². The molecular formula is C25H33N5O2. The molecule has 1 atom stereocenters. The number of aromatic nitrogens is 1.